The van der Waals surface area contributed by atoms with E-state index in [2.05, 4.69) is 29.6 Å². The van der Waals surface area contributed by atoms with Crippen molar-refractivity contribution in [3.63, 3.8) is 0 Å². The smallest absolute Gasteiger partial charge is 0.407 e. The number of aliphatic carboxylic acids is 1. The third-order valence-electron chi connectivity index (χ3n) is 7.96. The molecular weight excluding hydrogens is 444 g/mol. The topological polar surface area (TPSA) is 95.9 Å². The van der Waals surface area contributed by atoms with Crippen LogP contribution in [0, 0.1) is 11.8 Å². The van der Waals surface area contributed by atoms with Crippen LogP contribution < -0.4 is 5.32 Å². The zero-order valence-corrected chi connectivity index (χ0v) is 20.0. The number of fused-ring (bicyclic) bond motifs is 3. The fourth-order valence-electron chi connectivity index (χ4n) is 5.99. The molecule has 7 heteroatoms. The Hall–Kier alpha value is -3.35. The van der Waals surface area contributed by atoms with Gasteiger partial charge in [-0.25, -0.2) is 4.79 Å². The summed E-state index contributed by atoms with van der Waals surface area (Å²) >= 11 is 0. The van der Waals surface area contributed by atoms with E-state index in [4.69, 9.17) is 4.74 Å². The minimum atomic E-state index is -0.837. The summed E-state index contributed by atoms with van der Waals surface area (Å²) in [5, 5.41) is 12.3. The molecule has 2 amide bonds. The molecule has 3 aliphatic rings. The largest absolute Gasteiger partial charge is 0.481 e. The molecule has 0 aromatic heterocycles. The molecule has 2 aromatic carbocycles. The highest BCUT2D eigenvalue weighted by atomic mass is 16.5. The fourth-order valence-corrected chi connectivity index (χ4v) is 5.99. The molecule has 4 atom stereocenters. The number of benzene rings is 2. The maximum Gasteiger partial charge on any atom is 0.407 e. The third kappa shape index (κ3) is 4.64. The molecule has 0 bridgehead atoms. The van der Waals surface area contributed by atoms with Crippen molar-refractivity contribution < 1.29 is 24.2 Å². The first-order valence-corrected chi connectivity index (χ1v) is 12.6. The summed E-state index contributed by atoms with van der Waals surface area (Å²) in [6.07, 6.45) is 2.82. The van der Waals surface area contributed by atoms with Gasteiger partial charge in [-0.05, 0) is 61.3 Å². The molecule has 7 nitrogen and oxygen atoms in total. The highest BCUT2D eigenvalue weighted by Gasteiger charge is 2.39. The van der Waals surface area contributed by atoms with E-state index >= 15 is 0 Å². The van der Waals surface area contributed by atoms with Crippen LogP contribution in [0.3, 0.4) is 0 Å². The van der Waals surface area contributed by atoms with Crippen LogP contribution in [0.4, 0.5) is 4.79 Å². The van der Waals surface area contributed by atoms with Crippen molar-refractivity contribution in [2.24, 2.45) is 11.8 Å². The summed E-state index contributed by atoms with van der Waals surface area (Å²) in [5.74, 6) is -1.50. The molecule has 0 radical (unpaired) electrons. The molecule has 184 valence electrons. The number of hydrogen-bond donors (Lipinski definition) is 2. The van der Waals surface area contributed by atoms with Crippen LogP contribution in [0.2, 0.25) is 0 Å². The Bertz CT molecular complexity index is 1090. The van der Waals surface area contributed by atoms with Crippen molar-refractivity contribution in [3.05, 3.63) is 59.7 Å². The number of alkyl carbamates (subject to hydrolysis) is 1. The van der Waals surface area contributed by atoms with E-state index in [1.807, 2.05) is 31.2 Å². The zero-order chi connectivity index (χ0) is 24.5. The number of piperidine rings is 1. The second-order valence-corrected chi connectivity index (χ2v) is 10.1. The van der Waals surface area contributed by atoms with Gasteiger partial charge in [0.25, 0.3) is 0 Å². The maximum absolute atomic E-state index is 13.1. The lowest BCUT2D eigenvalue weighted by molar-refractivity contribution is -0.148. The number of ether oxygens (including phenoxy) is 1. The van der Waals surface area contributed by atoms with E-state index in [-0.39, 0.29) is 43.0 Å². The molecule has 1 aliphatic heterocycles. The minimum Gasteiger partial charge on any atom is -0.481 e. The van der Waals surface area contributed by atoms with E-state index in [0.717, 1.165) is 0 Å². The Balaban J connectivity index is 1.15. The molecule has 1 saturated heterocycles. The van der Waals surface area contributed by atoms with Crippen LogP contribution in [0.5, 0.6) is 0 Å². The van der Waals surface area contributed by atoms with Gasteiger partial charge in [0.2, 0.25) is 5.91 Å². The van der Waals surface area contributed by atoms with Gasteiger partial charge < -0.3 is 20.1 Å². The first kappa shape index (κ1) is 23.4. The summed E-state index contributed by atoms with van der Waals surface area (Å²) in [6.45, 7) is 2.52. The molecule has 2 fully saturated rings. The quantitative estimate of drug-likeness (QED) is 0.667. The number of carboxylic acids is 1. The van der Waals surface area contributed by atoms with Crippen molar-refractivity contribution in [1.29, 1.82) is 0 Å². The van der Waals surface area contributed by atoms with E-state index in [0.29, 0.717) is 32.1 Å². The second-order valence-electron chi connectivity index (χ2n) is 10.1. The van der Waals surface area contributed by atoms with Crippen molar-refractivity contribution in [3.8, 4) is 11.1 Å². The monoisotopic (exact) mass is 476 g/mol. The van der Waals surface area contributed by atoms with Crippen LogP contribution in [0.1, 0.15) is 56.1 Å². The Morgan fingerprint density at radius 2 is 1.57 bits per heavy atom. The molecule has 2 N–H and O–H groups in total. The lowest BCUT2D eigenvalue weighted by Crippen LogP contribution is -2.49. The zero-order valence-electron chi connectivity index (χ0n) is 20.0. The molecule has 35 heavy (non-hydrogen) atoms. The van der Waals surface area contributed by atoms with E-state index < -0.39 is 18.0 Å². The van der Waals surface area contributed by atoms with Gasteiger partial charge >= 0.3 is 12.1 Å². The van der Waals surface area contributed by atoms with Gasteiger partial charge in [-0.15, -0.1) is 0 Å². The van der Waals surface area contributed by atoms with Crippen LogP contribution in [-0.2, 0) is 14.3 Å². The van der Waals surface area contributed by atoms with Crippen LogP contribution in [0.25, 0.3) is 11.1 Å². The number of rotatable bonds is 5. The lowest BCUT2D eigenvalue weighted by atomic mass is 9.92. The summed E-state index contributed by atoms with van der Waals surface area (Å²) in [6, 6.07) is 16.4. The Morgan fingerprint density at radius 1 is 0.943 bits per heavy atom. The number of nitrogens with zero attached hydrogens (tertiary/aromatic N) is 1. The van der Waals surface area contributed by atoms with Gasteiger partial charge in [0.15, 0.2) is 0 Å². The first-order chi connectivity index (χ1) is 16.9. The Morgan fingerprint density at radius 3 is 2.23 bits per heavy atom. The van der Waals surface area contributed by atoms with E-state index in [1.54, 1.807) is 4.90 Å². The second kappa shape index (κ2) is 9.72. The summed E-state index contributed by atoms with van der Waals surface area (Å²) < 4.78 is 5.66. The number of likely N-dealkylation sites (tertiary alicyclic amines) is 1. The van der Waals surface area contributed by atoms with Gasteiger partial charge in [-0.2, -0.15) is 0 Å². The van der Waals surface area contributed by atoms with Crippen molar-refractivity contribution in [2.75, 3.05) is 13.2 Å². The summed E-state index contributed by atoms with van der Waals surface area (Å²) in [7, 11) is 0. The molecule has 2 unspecified atom stereocenters. The van der Waals surface area contributed by atoms with E-state index in [1.165, 1.54) is 22.3 Å². The average molecular weight is 477 g/mol. The highest BCUT2D eigenvalue weighted by Crippen LogP contribution is 2.44. The number of amides is 2. The number of carboxylic acid groups (broad SMARTS) is 1. The predicted molar refractivity (Wildman–Crippen MR) is 131 cm³/mol. The highest BCUT2D eigenvalue weighted by molar-refractivity contribution is 5.81. The van der Waals surface area contributed by atoms with Crippen LogP contribution >= 0.6 is 0 Å². The molecule has 2 aliphatic carbocycles. The molecular formula is C28H32N2O5. The molecule has 5 rings (SSSR count). The van der Waals surface area contributed by atoms with Crippen LogP contribution in [0.15, 0.2) is 48.5 Å². The fraction of sp³-hybridized carbons (Fsp3) is 0.464. The molecule has 1 heterocycles. The molecule has 1 saturated carbocycles. The summed E-state index contributed by atoms with van der Waals surface area (Å²) in [5.41, 5.74) is 4.71. The number of hydrogen-bond acceptors (Lipinski definition) is 4. The third-order valence-corrected chi connectivity index (χ3v) is 7.96. The normalized spacial score (nSPS) is 25.6. The summed E-state index contributed by atoms with van der Waals surface area (Å²) in [4.78, 5) is 38.9. The Kier molecular flexibility index (Phi) is 6.50. The first-order valence-electron chi connectivity index (χ1n) is 12.6. The number of carbonyl (C=O) groups excluding carboxylic acids is 2. The Labute approximate surface area is 205 Å². The lowest BCUT2D eigenvalue weighted by Gasteiger charge is -2.38. The van der Waals surface area contributed by atoms with Gasteiger partial charge in [-0.3, -0.25) is 9.59 Å². The number of nitrogens with one attached hydrogen (secondary N) is 1. The van der Waals surface area contributed by atoms with Crippen molar-refractivity contribution in [2.45, 2.75) is 57.0 Å². The molecule has 2 aromatic rings. The standard InChI is InChI=1S/C28H32N2O5/c1-17-10-11-19(27(32)33)15-30(17)26(31)18-12-13-20(14-18)29-28(34)35-16-25-23-8-4-2-6-21(23)22-7-3-5-9-24(22)25/h2-9,17-20,25H,10-16H2,1H3,(H,29,34)(H,32,33)/t17?,18-,19?,20+/m0/s1. The maximum atomic E-state index is 13.1. The minimum absolute atomic E-state index is 0.00817. The van der Waals surface area contributed by atoms with Gasteiger partial charge in [0.1, 0.15) is 6.61 Å². The number of carbonyl (C=O) groups is 3. The average Bonchev–Trinajstić information content (AvgIpc) is 3.45. The predicted octanol–water partition coefficient (Wildman–Crippen LogP) is 4.41. The van der Waals surface area contributed by atoms with Gasteiger partial charge in [0, 0.05) is 30.5 Å². The van der Waals surface area contributed by atoms with Gasteiger partial charge in [-0.1, -0.05) is 48.5 Å². The van der Waals surface area contributed by atoms with Crippen molar-refractivity contribution >= 4 is 18.0 Å². The van der Waals surface area contributed by atoms with Crippen LogP contribution in [-0.4, -0.2) is 53.2 Å². The van der Waals surface area contributed by atoms with E-state index in [9.17, 15) is 19.5 Å². The SMILES string of the molecule is CC1CCC(C(=O)O)CN1C(=O)[C@H]1CC[C@@H](NC(=O)OCC2c3ccccc3-c3ccccc32)C1. The molecule has 0 spiro atoms. The van der Waals surface area contributed by atoms with Crippen molar-refractivity contribution in [1.82, 2.24) is 10.2 Å². The van der Waals surface area contributed by atoms with Gasteiger partial charge in [0.05, 0.1) is 5.92 Å².